The van der Waals surface area contributed by atoms with Crippen LogP contribution in [-0.4, -0.2) is 47.3 Å². The van der Waals surface area contributed by atoms with Gasteiger partial charge in [-0.3, -0.25) is 4.90 Å². The smallest absolute Gasteiger partial charge is 0.410 e. The summed E-state index contributed by atoms with van der Waals surface area (Å²) in [5.41, 5.74) is 4.19. The third-order valence-corrected chi connectivity index (χ3v) is 6.83. The highest BCUT2D eigenvalue weighted by molar-refractivity contribution is 7.13. The van der Waals surface area contributed by atoms with Gasteiger partial charge in [-0.25, -0.2) is 9.78 Å². The van der Waals surface area contributed by atoms with Crippen molar-refractivity contribution < 1.29 is 14.3 Å². The van der Waals surface area contributed by atoms with Crippen LogP contribution in [0.5, 0.6) is 5.75 Å². The summed E-state index contributed by atoms with van der Waals surface area (Å²) < 4.78 is 11.3. The molecule has 7 nitrogen and oxygen atoms in total. The summed E-state index contributed by atoms with van der Waals surface area (Å²) in [4.78, 5) is 22.4. The maximum Gasteiger partial charge on any atom is 0.410 e. The van der Waals surface area contributed by atoms with E-state index in [1.807, 2.05) is 54.8 Å². The van der Waals surface area contributed by atoms with E-state index in [0.717, 1.165) is 39.5 Å². The van der Waals surface area contributed by atoms with Crippen molar-refractivity contribution in [2.24, 2.45) is 0 Å². The number of nitrogens with zero attached hydrogens (tertiary/aromatic N) is 2. The number of nitrogens with one attached hydrogen (secondary N) is 2. The fourth-order valence-electron chi connectivity index (χ4n) is 4.39. The highest BCUT2D eigenvalue weighted by Crippen LogP contribution is 2.39. The number of hydrogen-bond acceptors (Lipinski definition) is 6. The molecule has 0 radical (unpaired) electrons. The molecule has 0 spiro atoms. The number of anilines is 1. The average Bonchev–Trinajstić information content (AvgIpc) is 3.49. The predicted molar refractivity (Wildman–Crippen MR) is 135 cm³/mol. The Balaban J connectivity index is 1.39. The zero-order valence-corrected chi connectivity index (χ0v) is 20.3. The van der Waals surface area contributed by atoms with Gasteiger partial charge in [0.15, 0.2) is 5.13 Å². The molecule has 2 N–H and O–H groups in total. The number of fused-ring (bicyclic) bond motifs is 3. The number of benzene rings is 2. The van der Waals surface area contributed by atoms with Gasteiger partial charge in [-0.1, -0.05) is 23.7 Å². The molecular weight excluding hydrogens is 472 g/mol. The maximum absolute atomic E-state index is 12.8. The first kappa shape index (κ1) is 22.6. The molecule has 2 aromatic heterocycles. The van der Waals surface area contributed by atoms with Crippen LogP contribution in [0, 0.1) is 0 Å². The number of H-pyrrole nitrogens is 1. The molecule has 176 valence electrons. The number of amides is 1. The Labute approximate surface area is 206 Å². The molecule has 3 heterocycles. The molecular formula is C25H25ClN4O3S. The number of halogens is 1. The van der Waals surface area contributed by atoms with Crippen LogP contribution in [0.25, 0.3) is 10.9 Å². The van der Waals surface area contributed by atoms with Gasteiger partial charge in [-0.05, 0) is 54.8 Å². The summed E-state index contributed by atoms with van der Waals surface area (Å²) in [6.45, 7) is 3.90. The number of rotatable bonds is 7. The lowest BCUT2D eigenvalue weighted by molar-refractivity contribution is 0.0932. The Morgan fingerprint density at radius 3 is 2.91 bits per heavy atom. The van der Waals surface area contributed by atoms with E-state index in [4.69, 9.17) is 21.1 Å². The van der Waals surface area contributed by atoms with Crippen molar-refractivity contribution in [1.29, 1.82) is 0 Å². The number of carbonyl (C=O) groups excluding carboxylic acids is 1. The second kappa shape index (κ2) is 9.95. The summed E-state index contributed by atoms with van der Waals surface area (Å²) in [5, 5.41) is 7.84. The van der Waals surface area contributed by atoms with Crippen molar-refractivity contribution in [3.05, 3.63) is 75.9 Å². The van der Waals surface area contributed by atoms with Crippen molar-refractivity contribution in [1.82, 2.24) is 14.9 Å². The predicted octanol–water partition coefficient (Wildman–Crippen LogP) is 5.87. The van der Waals surface area contributed by atoms with Gasteiger partial charge in [0.25, 0.3) is 0 Å². The molecule has 1 aliphatic rings. The average molecular weight is 497 g/mol. The zero-order chi connectivity index (χ0) is 23.5. The Morgan fingerprint density at radius 2 is 2.15 bits per heavy atom. The molecule has 0 aliphatic carbocycles. The van der Waals surface area contributed by atoms with Crippen molar-refractivity contribution in [2.45, 2.75) is 19.4 Å². The Kier molecular flexibility index (Phi) is 6.60. The SMILES string of the molecule is CCOC(=O)N1CCc2c([nH]c3ccc(Cl)cc23)C1c1ccc(OCCNc2nccs2)cc1. The molecule has 9 heteroatoms. The molecule has 1 atom stereocenters. The lowest BCUT2D eigenvalue weighted by Crippen LogP contribution is -2.40. The topological polar surface area (TPSA) is 79.5 Å². The van der Waals surface area contributed by atoms with E-state index in [1.165, 1.54) is 5.56 Å². The van der Waals surface area contributed by atoms with Crippen LogP contribution in [0.1, 0.15) is 29.8 Å². The van der Waals surface area contributed by atoms with Crippen molar-refractivity contribution in [3.63, 3.8) is 0 Å². The van der Waals surface area contributed by atoms with Gasteiger partial charge in [0.1, 0.15) is 18.4 Å². The quantitative estimate of drug-likeness (QED) is 0.313. The molecule has 0 saturated heterocycles. The van der Waals surface area contributed by atoms with Gasteiger partial charge >= 0.3 is 6.09 Å². The second-order valence-electron chi connectivity index (χ2n) is 7.93. The fraction of sp³-hybridized carbons (Fsp3) is 0.280. The minimum Gasteiger partial charge on any atom is -0.492 e. The molecule has 4 aromatic rings. The first-order chi connectivity index (χ1) is 16.6. The van der Waals surface area contributed by atoms with Gasteiger partial charge in [0.2, 0.25) is 0 Å². The minimum absolute atomic E-state index is 0.283. The van der Waals surface area contributed by atoms with Crippen LogP contribution in [0.2, 0.25) is 5.02 Å². The van der Waals surface area contributed by atoms with Gasteiger partial charge < -0.3 is 19.8 Å². The van der Waals surface area contributed by atoms with Crippen molar-refractivity contribution in [3.8, 4) is 5.75 Å². The van der Waals surface area contributed by atoms with Gasteiger partial charge in [-0.2, -0.15) is 0 Å². The van der Waals surface area contributed by atoms with Gasteiger partial charge in [0.05, 0.1) is 13.2 Å². The lowest BCUT2D eigenvalue weighted by atomic mass is 9.92. The van der Waals surface area contributed by atoms with E-state index < -0.39 is 0 Å². The summed E-state index contributed by atoms with van der Waals surface area (Å²) >= 11 is 7.83. The normalized spacial score (nSPS) is 15.2. The third-order valence-electron chi connectivity index (χ3n) is 5.87. The van der Waals surface area contributed by atoms with E-state index in [0.29, 0.717) is 31.3 Å². The summed E-state index contributed by atoms with van der Waals surface area (Å²) in [5.74, 6) is 0.770. The number of thiazole rings is 1. The Morgan fingerprint density at radius 1 is 1.29 bits per heavy atom. The number of hydrogen-bond donors (Lipinski definition) is 2. The van der Waals surface area contributed by atoms with E-state index in [-0.39, 0.29) is 12.1 Å². The molecule has 1 aliphatic heterocycles. The van der Waals surface area contributed by atoms with Crippen LogP contribution < -0.4 is 10.1 Å². The molecule has 34 heavy (non-hydrogen) atoms. The van der Waals surface area contributed by atoms with Crippen LogP contribution in [-0.2, 0) is 11.2 Å². The first-order valence-electron chi connectivity index (χ1n) is 11.2. The molecule has 5 rings (SSSR count). The van der Waals surface area contributed by atoms with E-state index in [1.54, 1.807) is 22.4 Å². The first-order valence-corrected chi connectivity index (χ1v) is 12.5. The largest absolute Gasteiger partial charge is 0.492 e. The number of ether oxygens (including phenoxy) is 2. The molecule has 1 unspecified atom stereocenters. The molecule has 0 fully saturated rings. The van der Waals surface area contributed by atoms with Gasteiger partial charge in [-0.15, -0.1) is 11.3 Å². The third kappa shape index (κ3) is 4.56. The van der Waals surface area contributed by atoms with Crippen molar-refractivity contribution in [2.75, 3.05) is 31.6 Å². The maximum atomic E-state index is 12.8. The number of aromatic amines is 1. The number of aromatic nitrogens is 2. The molecule has 2 aromatic carbocycles. The van der Waals surface area contributed by atoms with Crippen LogP contribution in [0.3, 0.4) is 0 Å². The van der Waals surface area contributed by atoms with Gasteiger partial charge in [0, 0.05) is 39.7 Å². The minimum atomic E-state index is -0.316. The van der Waals surface area contributed by atoms with E-state index in [9.17, 15) is 4.79 Å². The monoisotopic (exact) mass is 496 g/mol. The summed E-state index contributed by atoms with van der Waals surface area (Å²) in [7, 11) is 0. The standard InChI is InChI=1S/C25H25ClN4O3S/c1-2-32-25(31)30-12-9-19-20-15-17(26)5-8-21(20)29-22(19)23(30)16-3-6-18(7-4-16)33-13-10-27-24-28-11-14-34-24/h3-8,11,14-15,23,29H,2,9-10,12-13H2,1H3,(H,27,28). The summed E-state index contributed by atoms with van der Waals surface area (Å²) in [6.07, 6.45) is 2.19. The Bertz CT molecular complexity index is 1270. The molecule has 0 saturated carbocycles. The summed E-state index contributed by atoms with van der Waals surface area (Å²) in [6, 6.07) is 13.5. The fourth-order valence-corrected chi connectivity index (χ4v) is 5.12. The lowest BCUT2D eigenvalue weighted by Gasteiger charge is -2.35. The zero-order valence-electron chi connectivity index (χ0n) is 18.7. The highest BCUT2D eigenvalue weighted by Gasteiger charge is 2.35. The van der Waals surface area contributed by atoms with Crippen LogP contribution >= 0.6 is 22.9 Å². The van der Waals surface area contributed by atoms with Crippen LogP contribution in [0.15, 0.2) is 54.0 Å². The van der Waals surface area contributed by atoms with Crippen LogP contribution in [0.4, 0.5) is 9.93 Å². The Hall–Kier alpha value is -3.23. The number of carbonyl (C=O) groups is 1. The molecule has 0 bridgehead atoms. The highest BCUT2D eigenvalue weighted by atomic mass is 35.5. The van der Waals surface area contributed by atoms with E-state index in [2.05, 4.69) is 15.3 Å². The molecule has 1 amide bonds. The van der Waals surface area contributed by atoms with E-state index >= 15 is 0 Å². The second-order valence-corrected chi connectivity index (χ2v) is 9.26. The van der Waals surface area contributed by atoms with Crippen molar-refractivity contribution >= 4 is 45.1 Å².